The van der Waals surface area contributed by atoms with Crippen LogP contribution in [0.1, 0.15) is 20.8 Å². The molecule has 8 heteroatoms. The van der Waals surface area contributed by atoms with Gasteiger partial charge in [0.2, 0.25) is 0 Å². The highest BCUT2D eigenvalue weighted by Crippen LogP contribution is 2.16. The zero-order chi connectivity index (χ0) is 12.1. The van der Waals surface area contributed by atoms with E-state index in [1.165, 1.54) is 18.7 Å². The molecule has 5 N–H and O–H groups in total. The van der Waals surface area contributed by atoms with Gasteiger partial charge in [0.25, 0.3) is 0 Å². The average Bonchev–Trinajstić information content (AvgIpc) is 2.11. The molecule has 0 aromatic rings. The fraction of sp³-hybridized carbons (Fsp3) is 0.778. The molecule has 0 rings (SSSR count). The van der Waals surface area contributed by atoms with E-state index in [1.54, 1.807) is 6.92 Å². The molecule has 0 saturated heterocycles. The fourth-order valence-electron chi connectivity index (χ4n) is 0.702. The fourth-order valence-corrected chi connectivity index (χ4v) is 1.64. The Hall–Kier alpha value is -0.170. The largest absolute Gasteiger partial charge is 0.480 e. The van der Waals surface area contributed by atoms with Gasteiger partial charge in [0, 0.05) is 11.0 Å². The number of aliphatic imine (C=N–C) groups is 1. The molecule has 0 aromatic heterocycles. The Kier molecular flexibility index (Phi) is 12.7. The molecule has 0 saturated carbocycles. The highest BCUT2D eigenvalue weighted by molar-refractivity contribution is 8.00. The number of thioether (sulfide) groups is 1. The van der Waals surface area contributed by atoms with Gasteiger partial charge in [-0.3, -0.25) is 9.79 Å². The molecule has 0 aliphatic heterocycles. The van der Waals surface area contributed by atoms with Crippen LogP contribution >= 0.6 is 36.6 Å². The maximum atomic E-state index is 10.7. The van der Waals surface area contributed by atoms with Crippen molar-refractivity contribution in [3.63, 3.8) is 0 Å². The zero-order valence-electron chi connectivity index (χ0n) is 10.2. The smallest absolute Gasteiger partial charge is 0.324 e. The summed E-state index contributed by atoms with van der Waals surface area (Å²) in [5, 5.41) is 9.00. The zero-order valence-corrected chi connectivity index (χ0v) is 12.6. The van der Waals surface area contributed by atoms with Gasteiger partial charge in [0.1, 0.15) is 5.54 Å². The van der Waals surface area contributed by atoms with Crippen LogP contribution in [0.25, 0.3) is 0 Å². The lowest BCUT2D eigenvalue weighted by atomic mass is 10.1. The van der Waals surface area contributed by atoms with Gasteiger partial charge in [0.15, 0.2) is 0 Å². The summed E-state index contributed by atoms with van der Waals surface area (Å²) in [6.07, 6.45) is 0. The first kappa shape index (κ1) is 22.0. The van der Waals surface area contributed by atoms with Crippen molar-refractivity contribution >= 4 is 48.4 Å². The Morgan fingerprint density at radius 1 is 1.53 bits per heavy atom. The van der Waals surface area contributed by atoms with Crippen molar-refractivity contribution in [3.05, 3.63) is 0 Å². The maximum Gasteiger partial charge on any atom is 0.324 e. The van der Waals surface area contributed by atoms with Gasteiger partial charge in [-0.15, -0.1) is 24.8 Å². The van der Waals surface area contributed by atoms with Crippen LogP contribution in [0.5, 0.6) is 0 Å². The quantitative estimate of drug-likeness (QED) is 0.504. The van der Waals surface area contributed by atoms with E-state index in [2.05, 4.69) is 4.99 Å². The number of hydrogen-bond donors (Lipinski definition) is 3. The first-order valence-electron chi connectivity index (χ1n) is 4.66. The molecular formula is C9H21Cl2N3O2S. The van der Waals surface area contributed by atoms with Gasteiger partial charge in [-0.2, -0.15) is 11.8 Å². The summed E-state index contributed by atoms with van der Waals surface area (Å²) in [5.41, 5.74) is 9.80. The summed E-state index contributed by atoms with van der Waals surface area (Å²) in [6, 6.07) is 0. The van der Waals surface area contributed by atoms with E-state index in [0.717, 1.165) is 0 Å². The van der Waals surface area contributed by atoms with Crippen molar-refractivity contribution in [3.8, 4) is 0 Å². The number of hydrogen-bond acceptors (Lipinski definition) is 4. The van der Waals surface area contributed by atoms with E-state index in [1.807, 2.05) is 6.92 Å². The summed E-state index contributed by atoms with van der Waals surface area (Å²) >= 11 is 1.49. The molecule has 0 heterocycles. The second-order valence-electron chi connectivity index (χ2n) is 3.83. The van der Waals surface area contributed by atoms with Gasteiger partial charge in [-0.1, -0.05) is 6.92 Å². The van der Waals surface area contributed by atoms with Crippen LogP contribution in [0.3, 0.4) is 0 Å². The molecule has 0 unspecified atom stereocenters. The number of aliphatic carboxylic acids is 1. The Morgan fingerprint density at radius 3 is 2.35 bits per heavy atom. The molecule has 0 aliphatic rings. The number of carbonyl (C=O) groups is 1. The lowest BCUT2D eigenvalue weighted by Gasteiger charge is -2.20. The third-order valence-corrected chi connectivity index (χ3v) is 3.24. The molecule has 0 radical (unpaired) electrons. The standard InChI is InChI=1S/C9H19N3O2S.2ClH/c1-6(4-12-7(2)10)15-5-9(3,11)8(13)14;;/h6H,4-5,11H2,1-3H3,(H2,10,12)(H,13,14);2*1H/t6-,9+;;/m1../s1. The lowest BCUT2D eigenvalue weighted by Crippen LogP contribution is -2.47. The lowest BCUT2D eigenvalue weighted by molar-refractivity contribution is -0.141. The second kappa shape index (κ2) is 9.82. The van der Waals surface area contributed by atoms with Crippen molar-refractivity contribution in [2.45, 2.75) is 31.6 Å². The van der Waals surface area contributed by atoms with Crippen molar-refractivity contribution in [2.75, 3.05) is 12.3 Å². The Balaban J connectivity index is -0.000000980. The topological polar surface area (TPSA) is 102 Å². The third kappa shape index (κ3) is 10.7. The SMILES string of the molecule is CC(N)=NC[C@@H](C)SC[C@](C)(N)C(=O)O.Cl.Cl. The summed E-state index contributed by atoms with van der Waals surface area (Å²) in [6.45, 7) is 5.78. The Labute approximate surface area is 119 Å². The highest BCUT2D eigenvalue weighted by atomic mass is 35.5. The number of nitrogens with zero attached hydrogens (tertiary/aromatic N) is 1. The van der Waals surface area contributed by atoms with E-state index in [9.17, 15) is 4.79 Å². The predicted molar refractivity (Wildman–Crippen MR) is 78.8 cm³/mol. The van der Waals surface area contributed by atoms with Crippen LogP contribution in [0.15, 0.2) is 4.99 Å². The number of nitrogens with two attached hydrogens (primary N) is 2. The molecule has 0 bridgehead atoms. The molecular weight excluding hydrogens is 285 g/mol. The maximum absolute atomic E-state index is 10.7. The Morgan fingerprint density at radius 2 is 2.00 bits per heavy atom. The van der Waals surface area contributed by atoms with E-state index in [4.69, 9.17) is 16.6 Å². The minimum atomic E-state index is -1.18. The number of carboxylic acids is 1. The highest BCUT2D eigenvalue weighted by Gasteiger charge is 2.28. The summed E-state index contributed by atoms with van der Waals surface area (Å²) in [4.78, 5) is 14.8. The minimum absolute atomic E-state index is 0. The molecule has 0 spiro atoms. The first-order valence-corrected chi connectivity index (χ1v) is 5.71. The van der Waals surface area contributed by atoms with Gasteiger partial charge >= 0.3 is 5.97 Å². The molecule has 104 valence electrons. The van der Waals surface area contributed by atoms with Crippen LogP contribution in [0.2, 0.25) is 0 Å². The van der Waals surface area contributed by atoms with Gasteiger partial charge < -0.3 is 16.6 Å². The summed E-state index contributed by atoms with van der Waals surface area (Å²) in [7, 11) is 0. The normalized spacial score (nSPS) is 16.1. The van der Waals surface area contributed by atoms with Crippen LogP contribution in [0, 0.1) is 0 Å². The van der Waals surface area contributed by atoms with Gasteiger partial charge in [-0.05, 0) is 13.8 Å². The van der Waals surface area contributed by atoms with Crippen molar-refractivity contribution in [1.29, 1.82) is 0 Å². The molecule has 5 nitrogen and oxygen atoms in total. The first-order chi connectivity index (χ1) is 6.75. The van der Waals surface area contributed by atoms with Gasteiger partial charge in [-0.25, -0.2) is 0 Å². The third-order valence-electron chi connectivity index (χ3n) is 1.75. The number of amidine groups is 1. The molecule has 2 atom stereocenters. The van der Waals surface area contributed by atoms with E-state index in [-0.39, 0.29) is 30.1 Å². The van der Waals surface area contributed by atoms with Crippen LogP contribution in [-0.4, -0.2) is 40.0 Å². The second-order valence-corrected chi connectivity index (χ2v) is 5.25. The van der Waals surface area contributed by atoms with E-state index in [0.29, 0.717) is 18.1 Å². The van der Waals surface area contributed by atoms with Crippen molar-refractivity contribution in [2.24, 2.45) is 16.5 Å². The number of rotatable bonds is 6. The average molecular weight is 306 g/mol. The van der Waals surface area contributed by atoms with Crippen LogP contribution in [-0.2, 0) is 4.79 Å². The molecule has 0 aromatic carbocycles. The van der Waals surface area contributed by atoms with E-state index >= 15 is 0 Å². The molecule has 0 amide bonds. The number of halogens is 2. The van der Waals surface area contributed by atoms with E-state index < -0.39 is 11.5 Å². The monoisotopic (exact) mass is 305 g/mol. The minimum Gasteiger partial charge on any atom is -0.480 e. The predicted octanol–water partition coefficient (Wildman–Crippen LogP) is 1.13. The van der Waals surface area contributed by atoms with Gasteiger partial charge in [0.05, 0.1) is 12.4 Å². The molecule has 0 aliphatic carbocycles. The van der Waals surface area contributed by atoms with Crippen molar-refractivity contribution in [1.82, 2.24) is 0 Å². The van der Waals surface area contributed by atoms with Crippen LogP contribution in [0.4, 0.5) is 0 Å². The summed E-state index contributed by atoms with van der Waals surface area (Å²) in [5.74, 6) is -0.0836. The molecule has 0 fully saturated rings. The Bertz CT molecular complexity index is 259. The number of carboxylic acid groups (broad SMARTS) is 1. The van der Waals surface area contributed by atoms with Crippen LogP contribution < -0.4 is 11.5 Å². The summed E-state index contributed by atoms with van der Waals surface area (Å²) < 4.78 is 0. The van der Waals surface area contributed by atoms with Crippen molar-refractivity contribution < 1.29 is 9.90 Å². The molecule has 17 heavy (non-hydrogen) atoms.